The highest BCUT2D eigenvalue weighted by Gasteiger charge is 2.19. The molecular weight excluding hydrogens is 402 g/mol. The van der Waals surface area contributed by atoms with Gasteiger partial charge >= 0.3 is 0 Å². The molecule has 2 N–H and O–H groups in total. The number of ether oxygens (including phenoxy) is 1. The number of nitrogens with zero attached hydrogens (tertiary/aromatic N) is 3. The largest absolute Gasteiger partial charge is 0.491 e. The number of aromatic amines is 1. The smallest absolute Gasteiger partial charge is 0.272 e. The molecule has 3 heterocycles. The molecule has 0 unspecified atom stereocenters. The van der Waals surface area contributed by atoms with Gasteiger partial charge in [-0.2, -0.15) is 0 Å². The van der Waals surface area contributed by atoms with Crippen LogP contribution in [0, 0.1) is 5.92 Å². The van der Waals surface area contributed by atoms with Crippen LogP contribution in [0.1, 0.15) is 45.0 Å². The van der Waals surface area contributed by atoms with Gasteiger partial charge in [-0.1, -0.05) is 32.0 Å². The molecule has 0 amide bonds. The number of hydrogen-bond acceptors (Lipinski definition) is 5. The van der Waals surface area contributed by atoms with Gasteiger partial charge in [0.05, 0.1) is 29.2 Å². The molecule has 0 fully saturated rings. The highest BCUT2D eigenvalue weighted by molar-refractivity contribution is 5.60. The van der Waals surface area contributed by atoms with Gasteiger partial charge in [0.25, 0.3) is 5.56 Å². The molecule has 7 nitrogen and oxygen atoms in total. The molecule has 0 radical (unpaired) electrons. The average molecular weight is 432 g/mol. The fraction of sp³-hybridized carbons (Fsp3) is 0.320. The Morgan fingerprint density at radius 1 is 1.06 bits per heavy atom. The average Bonchev–Trinajstić information content (AvgIpc) is 3.20. The third kappa shape index (κ3) is 4.89. The van der Waals surface area contributed by atoms with E-state index in [1.807, 2.05) is 50.2 Å². The minimum Gasteiger partial charge on any atom is -0.491 e. The number of aromatic nitrogens is 4. The molecule has 0 aliphatic heterocycles. The van der Waals surface area contributed by atoms with Crippen molar-refractivity contribution in [3.63, 3.8) is 0 Å². The van der Waals surface area contributed by atoms with Crippen molar-refractivity contribution in [3.8, 4) is 17.1 Å². The summed E-state index contributed by atoms with van der Waals surface area (Å²) in [6.45, 7) is 8.93. The van der Waals surface area contributed by atoms with Gasteiger partial charge in [0, 0.05) is 24.9 Å². The predicted molar refractivity (Wildman–Crippen MR) is 126 cm³/mol. The molecule has 0 aliphatic rings. The second kappa shape index (κ2) is 9.36. The molecule has 0 aliphatic carbocycles. The molecule has 32 heavy (non-hydrogen) atoms. The summed E-state index contributed by atoms with van der Waals surface area (Å²) in [5.41, 5.74) is 3.83. The fourth-order valence-corrected chi connectivity index (χ4v) is 3.69. The van der Waals surface area contributed by atoms with Crippen LogP contribution in [-0.4, -0.2) is 25.7 Å². The maximum atomic E-state index is 12.8. The van der Waals surface area contributed by atoms with Crippen molar-refractivity contribution in [2.75, 3.05) is 0 Å². The summed E-state index contributed by atoms with van der Waals surface area (Å²) in [6.07, 6.45) is 1.87. The van der Waals surface area contributed by atoms with Crippen LogP contribution in [0.4, 0.5) is 0 Å². The number of fused-ring (bicyclic) bond motifs is 1. The molecule has 166 valence electrons. The Kier molecular flexibility index (Phi) is 6.37. The quantitative estimate of drug-likeness (QED) is 0.433. The SMILES string of the molecule is CC(C)Oc1ccc(CN[C@H](c2cc(=O)n3[nH]c(-c4ccccn4)cc3n2)C(C)C)cc1. The van der Waals surface area contributed by atoms with Crippen LogP contribution in [0.25, 0.3) is 17.0 Å². The Morgan fingerprint density at radius 3 is 2.50 bits per heavy atom. The Morgan fingerprint density at radius 2 is 1.84 bits per heavy atom. The van der Waals surface area contributed by atoms with E-state index in [1.54, 1.807) is 12.3 Å². The first-order chi connectivity index (χ1) is 15.4. The van der Waals surface area contributed by atoms with Crippen LogP contribution in [0.3, 0.4) is 0 Å². The van der Waals surface area contributed by atoms with Crippen LogP contribution in [-0.2, 0) is 6.54 Å². The number of H-pyrrole nitrogens is 1. The third-order valence-electron chi connectivity index (χ3n) is 5.22. The number of rotatable bonds is 8. The van der Waals surface area contributed by atoms with E-state index in [4.69, 9.17) is 9.72 Å². The van der Waals surface area contributed by atoms with Gasteiger partial charge in [-0.15, -0.1) is 0 Å². The van der Waals surface area contributed by atoms with E-state index < -0.39 is 0 Å². The van der Waals surface area contributed by atoms with Gasteiger partial charge in [-0.05, 0) is 49.6 Å². The molecule has 7 heteroatoms. The molecule has 4 aromatic rings. The first kappa shape index (κ1) is 21.8. The summed E-state index contributed by atoms with van der Waals surface area (Å²) in [5.74, 6) is 1.11. The zero-order valence-corrected chi connectivity index (χ0v) is 18.9. The standard InChI is InChI=1S/C25H29N5O2/c1-16(2)25(27-15-18-8-10-19(11-9-18)32-17(3)4)22-14-24(31)30-23(28-22)13-21(29-30)20-7-5-6-12-26-20/h5-14,16-17,25,27,29H,15H2,1-4H3/t25-/m0/s1. The number of hydrogen-bond donors (Lipinski definition) is 2. The second-order valence-electron chi connectivity index (χ2n) is 8.51. The van der Waals surface area contributed by atoms with Gasteiger partial charge in [0.2, 0.25) is 0 Å². The Hall–Kier alpha value is -3.45. The van der Waals surface area contributed by atoms with Crippen molar-refractivity contribution in [1.29, 1.82) is 0 Å². The van der Waals surface area contributed by atoms with E-state index in [1.165, 1.54) is 4.52 Å². The molecule has 1 aromatic carbocycles. The number of benzene rings is 1. The Labute approximate surface area is 187 Å². The molecule has 0 saturated heterocycles. The van der Waals surface area contributed by atoms with Crippen molar-refractivity contribution >= 4 is 5.65 Å². The highest BCUT2D eigenvalue weighted by Crippen LogP contribution is 2.22. The lowest BCUT2D eigenvalue weighted by molar-refractivity contribution is 0.242. The number of pyridine rings is 1. The van der Waals surface area contributed by atoms with E-state index in [2.05, 4.69) is 41.4 Å². The highest BCUT2D eigenvalue weighted by atomic mass is 16.5. The van der Waals surface area contributed by atoms with E-state index >= 15 is 0 Å². The number of nitrogens with one attached hydrogen (secondary N) is 2. The topological polar surface area (TPSA) is 84.3 Å². The van der Waals surface area contributed by atoms with Gasteiger partial charge < -0.3 is 10.1 Å². The third-order valence-corrected chi connectivity index (χ3v) is 5.22. The first-order valence-corrected chi connectivity index (χ1v) is 10.9. The van der Waals surface area contributed by atoms with E-state index in [0.717, 1.165) is 28.4 Å². The molecule has 1 atom stereocenters. The lowest BCUT2D eigenvalue weighted by Crippen LogP contribution is -2.28. The maximum absolute atomic E-state index is 12.8. The molecular formula is C25H29N5O2. The van der Waals surface area contributed by atoms with E-state index in [-0.39, 0.29) is 23.6 Å². The summed E-state index contributed by atoms with van der Waals surface area (Å²) in [4.78, 5) is 21.9. The molecule has 3 aromatic heterocycles. The summed E-state index contributed by atoms with van der Waals surface area (Å²) in [7, 11) is 0. The minimum absolute atomic E-state index is 0.0625. The maximum Gasteiger partial charge on any atom is 0.272 e. The van der Waals surface area contributed by atoms with Crippen molar-refractivity contribution in [1.82, 2.24) is 24.9 Å². The van der Waals surface area contributed by atoms with Crippen molar-refractivity contribution < 1.29 is 4.74 Å². The lowest BCUT2D eigenvalue weighted by atomic mass is 10.00. The van der Waals surface area contributed by atoms with E-state index in [9.17, 15) is 4.79 Å². The van der Waals surface area contributed by atoms with Crippen LogP contribution < -0.4 is 15.6 Å². The van der Waals surface area contributed by atoms with E-state index in [0.29, 0.717) is 12.2 Å². The summed E-state index contributed by atoms with van der Waals surface area (Å²) in [5, 5.41) is 6.67. The molecule has 4 rings (SSSR count). The van der Waals surface area contributed by atoms with Crippen LogP contribution in [0.5, 0.6) is 5.75 Å². The Bertz CT molecular complexity index is 1230. The molecule has 0 bridgehead atoms. The zero-order valence-electron chi connectivity index (χ0n) is 18.9. The Balaban J connectivity index is 1.56. The van der Waals surface area contributed by atoms with Crippen LogP contribution in [0.15, 0.2) is 65.6 Å². The second-order valence-corrected chi connectivity index (χ2v) is 8.51. The summed E-state index contributed by atoms with van der Waals surface area (Å²) in [6, 6.07) is 17.1. The van der Waals surface area contributed by atoms with Crippen LogP contribution >= 0.6 is 0 Å². The molecule has 0 saturated carbocycles. The van der Waals surface area contributed by atoms with Crippen LogP contribution in [0.2, 0.25) is 0 Å². The lowest BCUT2D eigenvalue weighted by Gasteiger charge is -2.22. The van der Waals surface area contributed by atoms with Crippen molar-refractivity contribution in [2.24, 2.45) is 5.92 Å². The van der Waals surface area contributed by atoms with Crippen molar-refractivity contribution in [2.45, 2.75) is 46.4 Å². The predicted octanol–water partition coefficient (Wildman–Crippen LogP) is 4.36. The van der Waals surface area contributed by atoms with Gasteiger partial charge in [0.1, 0.15) is 5.75 Å². The fourth-order valence-electron chi connectivity index (χ4n) is 3.69. The molecule has 0 spiro atoms. The van der Waals surface area contributed by atoms with Gasteiger partial charge in [-0.25, -0.2) is 9.50 Å². The summed E-state index contributed by atoms with van der Waals surface area (Å²) >= 11 is 0. The first-order valence-electron chi connectivity index (χ1n) is 10.9. The van der Waals surface area contributed by atoms with Crippen molar-refractivity contribution in [3.05, 3.63) is 82.4 Å². The summed E-state index contributed by atoms with van der Waals surface area (Å²) < 4.78 is 7.17. The van der Waals surface area contributed by atoms with Gasteiger partial charge in [0.15, 0.2) is 5.65 Å². The monoisotopic (exact) mass is 431 g/mol. The zero-order chi connectivity index (χ0) is 22.7. The van der Waals surface area contributed by atoms with Gasteiger partial charge in [-0.3, -0.25) is 14.9 Å². The normalized spacial score (nSPS) is 12.6. The minimum atomic E-state index is -0.144.